The van der Waals surface area contributed by atoms with E-state index < -0.39 is 0 Å². The fourth-order valence-electron chi connectivity index (χ4n) is 1.50. The molecular weight excluding hydrogens is 190 g/mol. The van der Waals surface area contributed by atoms with Gasteiger partial charge in [0.1, 0.15) is 5.69 Å². The lowest BCUT2D eigenvalue weighted by atomic mass is 10.2. The van der Waals surface area contributed by atoms with Crippen molar-refractivity contribution in [2.45, 2.75) is 18.8 Å². The lowest BCUT2D eigenvalue weighted by Gasteiger charge is -2.00. The molecule has 0 atom stereocenters. The molecule has 0 unspecified atom stereocenters. The Morgan fingerprint density at radius 2 is 2.53 bits per heavy atom. The minimum atomic E-state index is -0.158. The van der Waals surface area contributed by atoms with E-state index in [9.17, 15) is 4.79 Å². The Labute approximate surface area is 88.7 Å². The molecule has 0 spiro atoms. The summed E-state index contributed by atoms with van der Waals surface area (Å²) in [6, 6.07) is 1.85. The van der Waals surface area contributed by atoms with Crippen LogP contribution in [-0.2, 0) is 7.05 Å². The van der Waals surface area contributed by atoms with Crippen LogP contribution in [0.1, 0.15) is 34.9 Å². The molecule has 1 aliphatic rings. The molecule has 0 aliphatic heterocycles. The molecule has 4 nitrogen and oxygen atoms in total. The Bertz CT molecular complexity index is 424. The number of hydrogen-bond acceptors (Lipinski definition) is 2. The predicted octanol–water partition coefficient (Wildman–Crippen LogP) is 0.660. The third-order valence-corrected chi connectivity index (χ3v) is 2.48. The average Bonchev–Trinajstić information content (AvgIpc) is 2.99. The molecule has 1 fully saturated rings. The second-order valence-electron chi connectivity index (χ2n) is 3.74. The van der Waals surface area contributed by atoms with Gasteiger partial charge in [-0.3, -0.25) is 9.48 Å². The van der Waals surface area contributed by atoms with Gasteiger partial charge in [0.15, 0.2) is 0 Å². The first-order valence-corrected chi connectivity index (χ1v) is 4.98. The third kappa shape index (κ3) is 2.01. The van der Waals surface area contributed by atoms with E-state index in [-0.39, 0.29) is 12.5 Å². The largest absolute Gasteiger partial charge is 0.340 e. The van der Waals surface area contributed by atoms with Gasteiger partial charge in [-0.25, -0.2) is 0 Å². The maximum Gasteiger partial charge on any atom is 0.270 e. The number of rotatable bonds is 3. The van der Waals surface area contributed by atoms with Gasteiger partial charge in [0, 0.05) is 13.0 Å². The van der Waals surface area contributed by atoms with E-state index in [1.165, 1.54) is 12.8 Å². The predicted molar refractivity (Wildman–Crippen MR) is 56.3 cm³/mol. The second kappa shape index (κ2) is 3.77. The molecule has 1 aliphatic carbocycles. The molecule has 1 heterocycles. The van der Waals surface area contributed by atoms with Crippen molar-refractivity contribution < 1.29 is 4.79 Å². The number of aromatic nitrogens is 2. The Morgan fingerprint density at radius 1 is 1.80 bits per heavy atom. The molecule has 1 N–H and O–H groups in total. The second-order valence-corrected chi connectivity index (χ2v) is 3.74. The number of aryl methyl sites for hydroxylation is 1. The molecule has 0 aromatic carbocycles. The molecule has 2 rings (SSSR count). The van der Waals surface area contributed by atoms with Crippen LogP contribution in [0, 0.1) is 12.3 Å². The highest BCUT2D eigenvalue weighted by Crippen LogP contribution is 2.39. The van der Waals surface area contributed by atoms with Crippen LogP contribution < -0.4 is 5.32 Å². The minimum absolute atomic E-state index is 0.158. The maximum atomic E-state index is 11.6. The van der Waals surface area contributed by atoms with Crippen LogP contribution in [0.15, 0.2) is 6.07 Å². The molecule has 78 valence electrons. The summed E-state index contributed by atoms with van der Waals surface area (Å²) in [5, 5.41) is 6.93. The van der Waals surface area contributed by atoms with Crippen molar-refractivity contribution in [2.75, 3.05) is 6.54 Å². The van der Waals surface area contributed by atoms with E-state index >= 15 is 0 Å². The Hall–Kier alpha value is -1.76. The first kappa shape index (κ1) is 9.78. The SMILES string of the molecule is C#CCNC(=O)c1cc(C2CC2)nn1C. The third-order valence-electron chi connectivity index (χ3n) is 2.48. The van der Waals surface area contributed by atoms with Gasteiger partial charge in [0.05, 0.1) is 12.2 Å². The van der Waals surface area contributed by atoms with Crippen LogP contribution in [0.4, 0.5) is 0 Å². The molecular formula is C11H13N3O. The number of amides is 1. The lowest BCUT2D eigenvalue weighted by molar-refractivity contribution is 0.0949. The van der Waals surface area contributed by atoms with E-state index in [1.807, 2.05) is 6.07 Å². The monoisotopic (exact) mass is 203 g/mol. The van der Waals surface area contributed by atoms with Crippen molar-refractivity contribution in [3.05, 3.63) is 17.5 Å². The van der Waals surface area contributed by atoms with Crippen molar-refractivity contribution in [3.8, 4) is 12.3 Å². The van der Waals surface area contributed by atoms with Crippen LogP contribution in [0.2, 0.25) is 0 Å². The van der Waals surface area contributed by atoms with Gasteiger partial charge in [0.2, 0.25) is 0 Å². The molecule has 0 radical (unpaired) electrons. The molecule has 1 amide bonds. The van der Waals surface area contributed by atoms with Crippen LogP contribution >= 0.6 is 0 Å². The van der Waals surface area contributed by atoms with Crippen molar-refractivity contribution in [1.29, 1.82) is 0 Å². The lowest BCUT2D eigenvalue weighted by Crippen LogP contribution is -2.25. The summed E-state index contributed by atoms with van der Waals surface area (Å²) < 4.78 is 1.61. The zero-order valence-electron chi connectivity index (χ0n) is 8.66. The summed E-state index contributed by atoms with van der Waals surface area (Å²) in [5.41, 5.74) is 1.59. The molecule has 0 bridgehead atoms. The summed E-state index contributed by atoms with van der Waals surface area (Å²) in [6.07, 6.45) is 7.44. The Morgan fingerprint density at radius 3 is 3.13 bits per heavy atom. The Kier molecular flexibility index (Phi) is 2.46. The molecule has 4 heteroatoms. The average molecular weight is 203 g/mol. The first-order valence-electron chi connectivity index (χ1n) is 4.98. The van der Waals surface area contributed by atoms with Crippen molar-refractivity contribution in [3.63, 3.8) is 0 Å². The van der Waals surface area contributed by atoms with E-state index in [0.717, 1.165) is 5.69 Å². The van der Waals surface area contributed by atoms with Crippen molar-refractivity contribution in [1.82, 2.24) is 15.1 Å². The van der Waals surface area contributed by atoms with Crippen LogP contribution in [-0.4, -0.2) is 22.2 Å². The summed E-state index contributed by atoms with van der Waals surface area (Å²) in [5.74, 6) is 2.77. The summed E-state index contributed by atoms with van der Waals surface area (Å²) in [4.78, 5) is 11.6. The molecule has 1 saturated carbocycles. The number of terminal acetylenes is 1. The molecule has 15 heavy (non-hydrogen) atoms. The topological polar surface area (TPSA) is 46.9 Å². The van der Waals surface area contributed by atoms with Crippen LogP contribution in [0.25, 0.3) is 0 Å². The number of carbonyl (C=O) groups is 1. The smallest absolute Gasteiger partial charge is 0.270 e. The summed E-state index contributed by atoms with van der Waals surface area (Å²) in [6.45, 7) is 0.253. The maximum absolute atomic E-state index is 11.6. The standard InChI is InChI=1S/C11H13N3O/c1-3-6-12-11(15)10-7-9(8-4-5-8)13-14(10)2/h1,7-8H,4-6H2,2H3,(H,12,15). The number of carbonyl (C=O) groups excluding carboxylic acids is 1. The number of nitrogens with one attached hydrogen (secondary N) is 1. The van der Waals surface area contributed by atoms with E-state index in [4.69, 9.17) is 6.42 Å². The normalized spacial score (nSPS) is 14.7. The summed E-state index contributed by atoms with van der Waals surface area (Å²) in [7, 11) is 1.77. The van der Waals surface area contributed by atoms with Gasteiger partial charge in [0.25, 0.3) is 5.91 Å². The van der Waals surface area contributed by atoms with Crippen LogP contribution in [0.3, 0.4) is 0 Å². The summed E-state index contributed by atoms with van der Waals surface area (Å²) >= 11 is 0. The number of nitrogens with zero attached hydrogens (tertiary/aromatic N) is 2. The zero-order chi connectivity index (χ0) is 10.8. The van der Waals surface area contributed by atoms with Crippen LogP contribution in [0.5, 0.6) is 0 Å². The minimum Gasteiger partial charge on any atom is -0.340 e. The molecule has 1 aromatic heterocycles. The van der Waals surface area contributed by atoms with E-state index in [2.05, 4.69) is 16.3 Å². The van der Waals surface area contributed by atoms with Gasteiger partial charge >= 0.3 is 0 Å². The van der Waals surface area contributed by atoms with E-state index in [0.29, 0.717) is 11.6 Å². The first-order chi connectivity index (χ1) is 7.22. The van der Waals surface area contributed by atoms with Gasteiger partial charge < -0.3 is 5.32 Å². The number of hydrogen-bond donors (Lipinski definition) is 1. The van der Waals surface area contributed by atoms with Gasteiger partial charge in [-0.15, -0.1) is 6.42 Å². The molecule has 1 aromatic rings. The van der Waals surface area contributed by atoms with Crippen molar-refractivity contribution >= 4 is 5.91 Å². The van der Waals surface area contributed by atoms with E-state index in [1.54, 1.807) is 11.7 Å². The quantitative estimate of drug-likeness (QED) is 0.733. The van der Waals surface area contributed by atoms with Crippen molar-refractivity contribution in [2.24, 2.45) is 7.05 Å². The Balaban J connectivity index is 2.13. The molecule has 0 saturated heterocycles. The highest BCUT2D eigenvalue weighted by molar-refractivity contribution is 5.92. The van der Waals surface area contributed by atoms with Gasteiger partial charge in [-0.05, 0) is 18.9 Å². The fraction of sp³-hybridized carbons (Fsp3) is 0.455. The van der Waals surface area contributed by atoms with Gasteiger partial charge in [-0.2, -0.15) is 5.10 Å². The van der Waals surface area contributed by atoms with Gasteiger partial charge in [-0.1, -0.05) is 5.92 Å². The highest BCUT2D eigenvalue weighted by Gasteiger charge is 2.27. The highest BCUT2D eigenvalue weighted by atomic mass is 16.2. The zero-order valence-corrected chi connectivity index (χ0v) is 8.66. The fourth-order valence-corrected chi connectivity index (χ4v) is 1.50.